The van der Waals surface area contributed by atoms with Crippen LogP contribution < -0.4 is 5.90 Å². The summed E-state index contributed by atoms with van der Waals surface area (Å²) in [4.78, 5) is 6.90. The van der Waals surface area contributed by atoms with Crippen LogP contribution in [0.2, 0.25) is 0 Å². The minimum atomic E-state index is 0. The summed E-state index contributed by atoms with van der Waals surface area (Å²) < 4.78 is 0. The van der Waals surface area contributed by atoms with Crippen LogP contribution in [-0.4, -0.2) is 31.1 Å². The first kappa shape index (κ1) is 15.0. The highest BCUT2D eigenvalue weighted by Crippen LogP contribution is 2.07. The van der Waals surface area contributed by atoms with E-state index in [9.17, 15) is 0 Å². The monoisotopic (exact) mass is 216 g/mol. The van der Waals surface area contributed by atoms with Crippen molar-refractivity contribution < 1.29 is 4.84 Å². The molecule has 0 amide bonds. The van der Waals surface area contributed by atoms with Crippen molar-refractivity contribution in [2.75, 3.05) is 26.2 Å². The molecular formula is C7H18Cl2N2O. The maximum Gasteiger partial charge on any atom is 0.0806 e. The Labute approximate surface area is 86.4 Å². The second-order valence-corrected chi connectivity index (χ2v) is 2.77. The molecule has 12 heavy (non-hydrogen) atoms. The van der Waals surface area contributed by atoms with E-state index in [1.165, 1.54) is 32.4 Å². The van der Waals surface area contributed by atoms with Gasteiger partial charge in [0, 0.05) is 6.54 Å². The van der Waals surface area contributed by atoms with Gasteiger partial charge >= 0.3 is 0 Å². The van der Waals surface area contributed by atoms with E-state index in [2.05, 4.69) is 9.74 Å². The molecule has 0 aromatic heterocycles. The number of likely N-dealkylation sites (tertiary alicyclic amines) is 1. The summed E-state index contributed by atoms with van der Waals surface area (Å²) in [6, 6.07) is 0. The lowest BCUT2D eigenvalue weighted by Gasteiger charge is -2.25. The van der Waals surface area contributed by atoms with Gasteiger partial charge in [-0.2, -0.15) is 0 Å². The summed E-state index contributed by atoms with van der Waals surface area (Å²) in [6.07, 6.45) is 4.06. The van der Waals surface area contributed by atoms with Crippen molar-refractivity contribution >= 4 is 24.8 Å². The van der Waals surface area contributed by atoms with E-state index >= 15 is 0 Å². The smallest absolute Gasteiger partial charge is 0.0806 e. The van der Waals surface area contributed by atoms with E-state index in [4.69, 9.17) is 5.90 Å². The van der Waals surface area contributed by atoms with Crippen molar-refractivity contribution in [3.05, 3.63) is 0 Å². The molecule has 5 heteroatoms. The number of piperidine rings is 1. The molecule has 76 valence electrons. The van der Waals surface area contributed by atoms with Crippen LogP contribution in [0.1, 0.15) is 19.3 Å². The molecule has 3 nitrogen and oxygen atoms in total. The normalized spacial score (nSPS) is 17.8. The van der Waals surface area contributed by atoms with Gasteiger partial charge in [-0.3, -0.25) is 0 Å². The molecule has 1 aliphatic rings. The Morgan fingerprint density at radius 3 is 2.17 bits per heavy atom. The molecule has 2 N–H and O–H groups in total. The maximum absolute atomic E-state index is 4.92. The molecule has 0 aliphatic carbocycles. The fourth-order valence-electron chi connectivity index (χ4n) is 1.36. The van der Waals surface area contributed by atoms with Crippen molar-refractivity contribution in [2.24, 2.45) is 5.90 Å². The van der Waals surface area contributed by atoms with Crippen molar-refractivity contribution in [1.29, 1.82) is 0 Å². The second kappa shape index (κ2) is 9.55. The van der Waals surface area contributed by atoms with Crippen LogP contribution in [0.25, 0.3) is 0 Å². The van der Waals surface area contributed by atoms with Crippen LogP contribution in [0.15, 0.2) is 0 Å². The summed E-state index contributed by atoms with van der Waals surface area (Å²) in [6.45, 7) is 4.11. The predicted molar refractivity (Wildman–Crippen MR) is 54.9 cm³/mol. The molecule has 0 atom stereocenters. The molecule has 0 saturated carbocycles. The lowest BCUT2D eigenvalue weighted by Crippen LogP contribution is -2.33. The van der Waals surface area contributed by atoms with Gasteiger partial charge in [0.25, 0.3) is 0 Å². The first-order chi connectivity index (χ1) is 4.93. The number of nitrogens with two attached hydrogens (primary N) is 1. The topological polar surface area (TPSA) is 38.5 Å². The summed E-state index contributed by atoms with van der Waals surface area (Å²) in [5.74, 6) is 4.92. The highest BCUT2D eigenvalue weighted by atomic mass is 35.5. The van der Waals surface area contributed by atoms with Gasteiger partial charge in [0.05, 0.1) is 6.61 Å². The number of nitrogens with zero attached hydrogens (tertiary/aromatic N) is 1. The molecule has 0 unspecified atom stereocenters. The first-order valence-corrected chi connectivity index (χ1v) is 3.97. The SMILES string of the molecule is Cl.Cl.NOCCN1CCCCC1. The maximum atomic E-state index is 4.92. The van der Waals surface area contributed by atoms with Gasteiger partial charge in [-0.25, -0.2) is 5.90 Å². The Hall–Kier alpha value is 0.460. The summed E-state index contributed by atoms with van der Waals surface area (Å²) in [7, 11) is 0. The van der Waals surface area contributed by atoms with Crippen LogP contribution >= 0.6 is 24.8 Å². The lowest BCUT2D eigenvalue weighted by atomic mass is 10.1. The summed E-state index contributed by atoms with van der Waals surface area (Å²) in [5.41, 5.74) is 0. The third-order valence-corrected chi connectivity index (χ3v) is 1.97. The van der Waals surface area contributed by atoms with E-state index in [0.29, 0.717) is 6.61 Å². The average molecular weight is 217 g/mol. The van der Waals surface area contributed by atoms with Crippen molar-refractivity contribution in [2.45, 2.75) is 19.3 Å². The van der Waals surface area contributed by atoms with E-state index < -0.39 is 0 Å². The standard InChI is InChI=1S/C7H16N2O.2ClH/c8-10-7-6-9-4-2-1-3-5-9;;/h1-8H2;2*1H. The molecule has 0 bridgehead atoms. The van der Waals surface area contributed by atoms with Gasteiger partial charge in [-0.05, 0) is 25.9 Å². The van der Waals surface area contributed by atoms with Gasteiger partial charge in [0.15, 0.2) is 0 Å². The van der Waals surface area contributed by atoms with E-state index in [-0.39, 0.29) is 24.8 Å². The molecule has 0 spiro atoms. The molecule has 1 heterocycles. The quantitative estimate of drug-likeness (QED) is 0.722. The van der Waals surface area contributed by atoms with Gasteiger partial charge in [0.1, 0.15) is 0 Å². The largest absolute Gasteiger partial charge is 0.303 e. The van der Waals surface area contributed by atoms with Crippen LogP contribution in [0.5, 0.6) is 0 Å². The fraction of sp³-hybridized carbons (Fsp3) is 1.00. The highest BCUT2D eigenvalue weighted by molar-refractivity contribution is 5.85. The molecule has 1 aliphatic heterocycles. The average Bonchev–Trinajstić information content (AvgIpc) is 2.03. The van der Waals surface area contributed by atoms with Crippen LogP contribution in [0, 0.1) is 0 Å². The molecular weight excluding hydrogens is 199 g/mol. The molecule has 1 rings (SSSR count). The molecule has 1 fully saturated rings. The van der Waals surface area contributed by atoms with Crippen molar-refractivity contribution in [3.63, 3.8) is 0 Å². The van der Waals surface area contributed by atoms with E-state index in [1.54, 1.807) is 0 Å². The third kappa shape index (κ3) is 6.03. The second-order valence-electron chi connectivity index (χ2n) is 2.77. The fourth-order valence-corrected chi connectivity index (χ4v) is 1.36. The van der Waals surface area contributed by atoms with Crippen molar-refractivity contribution in [1.82, 2.24) is 4.90 Å². The zero-order valence-corrected chi connectivity index (χ0v) is 8.83. The van der Waals surface area contributed by atoms with Crippen LogP contribution in [0.3, 0.4) is 0 Å². The summed E-state index contributed by atoms with van der Waals surface area (Å²) >= 11 is 0. The Balaban J connectivity index is 0. The lowest BCUT2D eigenvalue weighted by molar-refractivity contribution is 0.0979. The minimum absolute atomic E-state index is 0. The van der Waals surface area contributed by atoms with Gasteiger partial charge in [-0.1, -0.05) is 6.42 Å². The Kier molecular flexibility index (Phi) is 11.9. The van der Waals surface area contributed by atoms with Gasteiger partial charge in [-0.15, -0.1) is 24.8 Å². The third-order valence-electron chi connectivity index (χ3n) is 1.97. The molecule has 0 radical (unpaired) electrons. The molecule has 1 saturated heterocycles. The van der Waals surface area contributed by atoms with Crippen LogP contribution in [-0.2, 0) is 4.84 Å². The Morgan fingerprint density at radius 1 is 1.08 bits per heavy atom. The first-order valence-electron chi connectivity index (χ1n) is 3.97. The Morgan fingerprint density at radius 2 is 1.67 bits per heavy atom. The number of rotatable bonds is 3. The van der Waals surface area contributed by atoms with E-state index in [0.717, 1.165) is 6.54 Å². The van der Waals surface area contributed by atoms with Gasteiger partial charge < -0.3 is 9.74 Å². The predicted octanol–water partition coefficient (Wildman–Crippen LogP) is 1.21. The van der Waals surface area contributed by atoms with Crippen LogP contribution in [0.4, 0.5) is 0 Å². The summed E-state index contributed by atoms with van der Waals surface area (Å²) in [5, 5.41) is 0. The number of hydrogen-bond donors (Lipinski definition) is 1. The van der Waals surface area contributed by atoms with Gasteiger partial charge in [0.2, 0.25) is 0 Å². The molecule has 0 aromatic carbocycles. The minimum Gasteiger partial charge on any atom is -0.303 e. The van der Waals surface area contributed by atoms with Crippen molar-refractivity contribution in [3.8, 4) is 0 Å². The van der Waals surface area contributed by atoms with E-state index in [1.807, 2.05) is 0 Å². The Bertz CT molecular complexity index is 89.5. The zero-order chi connectivity index (χ0) is 7.23. The number of halogens is 2. The molecule has 0 aromatic rings. The number of hydrogen-bond acceptors (Lipinski definition) is 3. The zero-order valence-electron chi connectivity index (χ0n) is 7.20. The highest BCUT2D eigenvalue weighted by Gasteiger charge is 2.08.